The average Bonchev–Trinajstić information content (AvgIpc) is 3.67. The Kier molecular flexibility index (Phi) is 12.0. The zero-order valence-corrected chi connectivity index (χ0v) is 39.7. The van der Waals surface area contributed by atoms with Gasteiger partial charge < -0.3 is 0 Å². The van der Waals surface area contributed by atoms with Crippen molar-refractivity contribution in [2.24, 2.45) is 21.7 Å². The molecule has 0 aliphatic heterocycles. The van der Waals surface area contributed by atoms with Gasteiger partial charge in [0.05, 0.1) is 0 Å². The summed E-state index contributed by atoms with van der Waals surface area (Å²) >= 11 is -0.0225. The van der Waals surface area contributed by atoms with Crippen molar-refractivity contribution < 1.29 is 5.11 Å². The van der Waals surface area contributed by atoms with Crippen LogP contribution in [0.25, 0.3) is 33.4 Å². The minimum atomic E-state index is -0.624. The van der Waals surface area contributed by atoms with Crippen molar-refractivity contribution in [3.8, 4) is 22.3 Å². The molecule has 308 valence electrons. The molecule has 0 amide bonds. The summed E-state index contributed by atoms with van der Waals surface area (Å²) in [6.07, 6.45) is 9.98. The molecule has 0 fully saturated rings. The van der Waals surface area contributed by atoms with Crippen molar-refractivity contribution in [3.63, 3.8) is 0 Å². The third kappa shape index (κ3) is 9.43. The first kappa shape index (κ1) is 43.4. The van der Waals surface area contributed by atoms with E-state index in [-0.39, 0.29) is 36.2 Å². The number of allylic oxidation sites excluding steroid dienone is 8. The van der Waals surface area contributed by atoms with Gasteiger partial charge in [-0.25, -0.2) is 0 Å². The van der Waals surface area contributed by atoms with Gasteiger partial charge in [0, 0.05) is 0 Å². The molecule has 1 nitrogen and oxygen atoms in total. The van der Waals surface area contributed by atoms with Crippen LogP contribution < -0.4 is 0 Å². The van der Waals surface area contributed by atoms with E-state index in [9.17, 15) is 5.11 Å². The van der Waals surface area contributed by atoms with Gasteiger partial charge in [-0.3, -0.25) is 0 Å². The van der Waals surface area contributed by atoms with E-state index in [2.05, 4.69) is 229 Å². The molecule has 0 saturated heterocycles. The molecule has 7 rings (SSSR count). The Morgan fingerprint density at radius 1 is 0.417 bits per heavy atom. The Morgan fingerprint density at radius 2 is 0.750 bits per heavy atom. The fraction of sp³-hybridized carbons (Fsp3) is 0.310. The Bertz CT molecular complexity index is 2470. The second kappa shape index (κ2) is 16.6. The van der Waals surface area contributed by atoms with E-state index in [0.717, 1.165) is 17.6 Å². The van der Waals surface area contributed by atoms with Gasteiger partial charge in [-0.05, 0) is 0 Å². The molecule has 2 aliphatic rings. The van der Waals surface area contributed by atoms with Gasteiger partial charge >= 0.3 is 369 Å². The van der Waals surface area contributed by atoms with Crippen LogP contribution in [0.15, 0.2) is 179 Å². The van der Waals surface area contributed by atoms with Crippen LogP contribution in [-0.4, -0.2) is 25.7 Å². The summed E-state index contributed by atoms with van der Waals surface area (Å²) in [4.78, 5) is 0. The minimum absolute atomic E-state index is 0.0225. The van der Waals surface area contributed by atoms with Gasteiger partial charge in [-0.2, -0.15) is 0 Å². The summed E-state index contributed by atoms with van der Waals surface area (Å²) in [7, 11) is 0. The summed E-state index contributed by atoms with van der Waals surface area (Å²) in [5.41, 5.74) is 17.1. The first-order chi connectivity index (χ1) is 28.2. The zero-order valence-electron chi connectivity index (χ0n) is 38.0. The van der Waals surface area contributed by atoms with Crippen molar-refractivity contribution in [3.05, 3.63) is 199 Å². The number of hydrogen-bond donors (Lipinski definition) is 1. The van der Waals surface area contributed by atoms with E-state index < -0.39 is 6.10 Å². The molecule has 0 atom stereocenters. The summed E-state index contributed by atoms with van der Waals surface area (Å²) in [5.74, 6) is 0. The van der Waals surface area contributed by atoms with Gasteiger partial charge in [-0.15, -0.1) is 0 Å². The second-order valence-corrected chi connectivity index (χ2v) is 23.1. The normalized spacial score (nSPS) is 16.5. The van der Waals surface area contributed by atoms with E-state index in [0.29, 0.717) is 0 Å². The number of benzene rings is 4. The van der Waals surface area contributed by atoms with E-state index in [1.807, 2.05) is 0 Å². The Balaban J connectivity index is 1.49. The zero-order chi connectivity index (χ0) is 43.2. The van der Waals surface area contributed by atoms with E-state index in [1.165, 1.54) is 75.7 Å². The number of aliphatic hydroxyl groups is 1. The predicted molar refractivity (Wildman–Crippen MR) is 260 cm³/mol. The molecule has 0 unspecified atom stereocenters. The van der Waals surface area contributed by atoms with Crippen LogP contribution >= 0.6 is 0 Å². The second-order valence-electron chi connectivity index (χ2n) is 20.8. The molecule has 5 aromatic rings. The first-order valence-corrected chi connectivity index (χ1v) is 23.3. The molecular formula is C58H64OSe. The van der Waals surface area contributed by atoms with Crippen LogP contribution in [0.4, 0.5) is 0 Å². The van der Waals surface area contributed by atoms with Crippen LogP contribution in [0.1, 0.15) is 110 Å². The molecule has 4 aromatic carbocycles. The van der Waals surface area contributed by atoms with Gasteiger partial charge in [0.25, 0.3) is 0 Å². The molecule has 60 heavy (non-hydrogen) atoms. The van der Waals surface area contributed by atoms with E-state index in [1.54, 1.807) is 0 Å². The topological polar surface area (TPSA) is 20.2 Å². The monoisotopic (exact) mass is 856 g/mol. The van der Waals surface area contributed by atoms with Gasteiger partial charge in [0.15, 0.2) is 0 Å². The third-order valence-electron chi connectivity index (χ3n) is 12.1. The van der Waals surface area contributed by atoms with Crippen molar-refractivity contribution in [2.45, 2.75) is 95.6 Å². The van der Waals surface area contributed by atoms with E-state index >= 15 is 0 Å². The van der Waals surface area contributed by atoms with Crippen molar-refractivity contribution in [1.82, 2.24) is 0 Å². The fourth-order valence-electron chi connectivity index (χ4n) is 8.36. The Morgan fingerprint density at radius 3 is 1.08 bits per heavy atom. The van der Waals surface area contributed by atoms with Gasteiger partial charge in [0.2, 0.25) is 0 Å². The van der Waals surface area contributed by atoms with Crippen LogP contribution in [-0.2, 0) is 0 Å². The summed E-state index contributed by atoms with van der Waals surface area (Å²) in [5, 5.41) is 11.9. The molecular weight excluding hydrogens is 792 g/mol. The average molecular weight is 856 g/mol. The summed E-state index contributed by atoms with van der Waals surface area (Å²) in [6.45, 7) is 27.5. The molecule has 0 radical (unpaired) electrons. The molecule has 2 aliphatic carbocycles. The van der Waals surface area contributed by atoms with Crippen LogP contribution in [0.5, 0.6) is 0 Å². The van der Waals surface area contributed by atoms with E-state index in [4.69, 9.17) is 0 Å². The molecule has 1 heterocycles. The molecule has 0 saturated carbocycles. The third-order valence-corrected chi connectivity index (χ3v) is 14.5. The number of aliphatic hydroxyl groups excluding tert-OH is 1. The standard InChI is InChI=1S/C58H64OSe/c1-55(2,3)46-33-44(34-47(37-46)56(4,5)6)52(42-27-23-40(24-28-42)38-19-15-13-16-20-38)50-31-32-51(60-50)53(43-29-25-41(26-30-43)39-21-17-14-18-22-39)45-35-48(57(7,8)9)54(59)49(36-45)58(10,11)12/h13-36,54,59H,37H2,1-12H3. The van der Waals surface area contributed by atoms with Crippen molar-refractivity contribution in [2.75, 3.05) is 0 Å². The van der Waals surface area contributed by atoms with Gasteiger partial charge in [-0.1, -0.05) is 0 Å². The molecule has 2 heteroatoms. The molecule has 0 spiro atoms. The van der Waals surface area contributed by atoms with Crippen molar-refractivity contribution in [1.29, 1.82) is 0 Å². The molecule has 1 aromatic heterocycles. The number of rotatable bonds is 6. The molecule has 0 bridgehead atoms. The predicted octanol–water partition coefficient (Wildman–Crippen LogP) is 15.3. The molecule has 1 N–H and O–H groups in total. The van der Waals surface area contributed by atoms with Crippen LogP contribution in [0.3, 0.4) is 0 Å². The fourth-order valence-corrected chi connectivity index (χ4v) is 10.8. The SMILES string of the molecule is CC(C)(C)C1=CC(=C(c2ccc(-c3ccccc3)cc2)c2ccc(C(=C3C=C(C(C)(C)C)C(O)C(C(C)(C)C)=C3)c3ccc(-c4ccccc4)cc3)[se]2)C=C(C(C)(C)C)C1. The Labute approximate surface area is 367 Å². The summed E-state index contributed by atoms with van der Waals surface area (Å²) < 4.78 is 2.73. The Hall–Kier alpha value is -4.72. The van der Waals surface area contributed by atoms with Crippen LogP contribution in [0.2, 0.25) is 0 Å². The first-order valence-electron chi connectivity index (χ1n) is 21.6. The maximum absolute atomic E-state index is 11.9. The summed E-state index contributed by atoms with van der Waals surface area (Å²) in [6, 6.07) is 44.5. The maximum atomic E-state index is 11.9. The quantitative estimate of drug-likeness (QED) is 0.169. The van der Waals surface area contributed by atoms with Gasteiger partial charge in [0.1, 0.15) is 0 Å². The van der Waals surface area contributed by atoms with Crippen LogP contribution in [0, 0.1) is 21.7 Å². The van der Waals surface area contributed by atoms with Crippen molar-refractivity contribution >= 4 is 25.6 Å². The number of hydrogen-bond acceptors (Lipinski definition) is 1.